The first-order chi connectivity index (χ1) is 7.87. The summed E-state index contributed by atoms with van der Waals surface area (Å²) in [6, 6.07) is 0. The molecule has 2 bridgehead atoms. The van der Waals surface area contributed by atoms with Gasteiger partial charge in [0.1, 0.15) is 0 Å². The quantitative estimate of drug-likeness (QED) is 0.771. The van der Waals surface area contributed by atoms with Gasteiger partial charge in [0.05, 0.1) is 18.6 Å². The zero-order valence-corrected chi connectivity index (χ0v) is 11.2. The maximum Gasteiger partial charge on any atom is 0.308 e. The molecule has 0 aromatic heterocycles. The van der Waals surface area contributed by atoms with Crippen LogP contribution in [0.2, 0.25) is 0 Å². The Bertz CT molecular complexity index is 307. The smallest absolute Gasteiger partial charge is 0.308 e. The van der Waals surface area contributed by atoms with E-state index in [1.165, 1.54) is 0 Å². The number of carbonyl (C=O) groups excluding carboxylic acids is 1. The van der Waals surface area contributed by atoms with Crippen molar-refractivity contribution in [1.29, 1.82) is 0 Å². The van der Waals surface area contributed by atoms with Gasteiger partial charge in [0.15, 0.2) is 0 Å². The van der Waals surface area contributed by atoms with Crippen LogP contribution >= 0.6 is 0 Å². The van der Waals surface area contributed by atoms with Crippen molar-refractivity contribution in [3.05, 3.63) is 0 Å². The normalized spacial score (nSPS) is 44.7. The van der Waals surface area contributed by atoms with Gasteiger partial charge in [-0.25, -0.2) is 0 Å². The predicted octanol–water partition coefficient (Wildman–Crippen LogP) is 2.66. The molecule has 2 atom stereocenters. The second kappa shape index (κ2) is 3.98. The Morgan fingerprint density at radius 1 is 1.18 bits per heavy atom. The molecule has 2 unspecified atom stereocenters. The molecular weight excluding hydrogens is 216 g/mol. The highest BCUT2D eigenvalue weighted by atomic mass is 16.5. The molecule has 1 N–H and O–H groups in total. The minimum absolute atomic E-state index is 0.104. The van der Waals surface area contributed by atoms with Crippen molar-refractivity contribution in [1.82, 2.24) is 0 Å². The van der Waals surface area contributed by atoms with E-state index in [4.69, 9.17) is 4.74 Å². The third kappa shape index (κ3) is 1.70. The van der Waals surface area contributed by atoms with E-state index in [0.29, 0.717) is 6.61 Å². The molecule has 3 nitrogen and oxygen atoms in total. The van der Waals surface area contributed by atoms with Crippen molar-refractivity contribution >= 4 is 5.97 Å². The molecule has 98 valence electrons. The van der Waals surface area contributed by atoms with Crippen LogP contribution < -0.4 is 0 Å². The van der Waals surface area contributed by atoms with Crippen LogP contribution in [0.25, 0.3) is 0 Å². The molecule has 0 radical (unpaired) electrons. The average molecular weight is 240 g/mol. The van der Waals surface area contributed by atoms with E-state index in [1.807, 2.05) is 0 Å². The molecule has 0 saturated heterocycles. The van der Waals surface area contributed by atoms with Gasteiger partial charge in [0, 0.05) is 0 Å². The summed E-state index contributed by atoms with van der Waals surface area (Å²) in [4.78, 5) is 11.7. The van der Waals surface area contributed by atoms with E-state index < -0.39 is 5.60 Å². The van der Waals surface area contributed by atoms with Crippen molar-refractivity contribution < 1.29 is 14.6 Å². The van der Waals surface area contributed by atoms with E-state index in [-0.39, 0.29) is 23.2 Å². The standard InChI is InChI=1S/C14H24O3/c1-4-17-11(15)10-14(16)12(2)6-5-7-13(14,3)9-8-12/h16H,4-10H2,1-3H3. The Hall–Kier alpha value is -0.570. The minimum atomic E-state index is -0.871. The van der Waals surface area contributed by atoms with Gasteiger partial charge < -0.3 is 9.84 Å². The van der Waals surface area contributed by atoms with Crippen molar-refractivity contribution in [2.24, 2.45) is 10.8 Å². The topological polar surface area (TPSA) is 46.5 Å². The third-order valence-corrected chi connectivity index (χ3v) is 5.39. The molecule has 0 aliphatic heterocycles. The van der Waals surface area contributed by atoms with Crippen molar-refractivity contribution in [3.8, 4) is 0 Å². The molecule has 2 aliphatic carbocycles. The molecule has 0 heterocycles. The molecule has 17 heavy (non-hydrogen) atoms. The van der Waals surface area contributed by atoms with Gasteiger partial charge in [-0.05, 0) is 43.4 Å². The second-order valence-corrected chi connectivity index (χ2v) is 6.32. The van der Waals surface area contributed by atoms with Crippen LogP contribution in [0.4, 0.5) is 0 Å². The number of carbonyl (C=O) groups is 1. The van der Waals surface area contributed by atoms with Crippen LogP contribution in [0, 0.1) is 10.8 Å². The number of fused-ring (bicyclic) bond motifs is 2. The monoisotopic (exact) mass is 240 g/mol. The fraction of sp³-hybridized carbons (Fsp3) is 0.929. The molecule has 2 fully saturated rings. The van der Waals surface area contributed by atoms with Crippen LogP contribution in [0.15, 0.2) is 0 Å². The molecule has 2 rings (SSSR count). The Morgan fingerprint density at radius 3 is 2.18 bits per heavy atom. The first-order valence-electron chi connectivity index (χ1n) is 6.75. The zero-order chi connectivity index (χ0) is 12.7. The summed E-state index contributed by atoms with van der Waals surface area (Å²) in [5.74, 6) is -0.253. The predicted molar refractivity (Wildman–Crippen MR) is 65.5 cm³/mol. The average Bonchev–Trinajstić information content (AvgIpc) is 2.39. The lowest BCUT2D eigenvalue weighted by molar-refractivity contribution is -0.177. The van der Waals surface area contributed by atoms with Gasteiger partial charge in [-0.1, -0.05) is 20.3 Å². The zero-order valence-electron chi connectivity index (χ0n) is 11.2. The summed E-state index contributed by atoms with van der Waals surface area (Å²) < 4.78 is 5.03. The van der Waals surface area contributed by atoms with Gasteiger partial charge in [-0.3, -0.25) is 4.79 Å². The first kappa shape index (κ1) is 12.9. The summed E-state index contributed by atoms with van der Waals surface area (Å²) in [6.45, 7) is 6.47. The van der Waals surface area contributed by atoms with Crippen molar-refractivity contribution in [3.63, 3.8) is 0 Å². The lowest BCUT2D eigenvalue weighted by Gasteiger charge is -2.51. The number of hydrogen-bond donors (Lipinski definition) is 1. The third-order valence-electron chi connectivity index (χ3n) is 5.39. The molecule has 3 heteroatoms. The molecule has 2 saturated carbocycles. The lowest BCUT2D eigenvalue weighted by atomic mass is 9.57. The first-order valence-corrected chi connectivity index (χ1v) is 6.75. The molecule has 0 aromatic carbocycles. The van der Waals surface area contributed by atoms with E-state index in [9.17, 15) is 9.90 Å². The van der Waals surface area contributed by atoms with E-state index in [1.54, 1.807) is 6.92 Å². The summed E-state index contributed by atoms with van der Waals surface area (Å²) >= 11 is 0. The van der Waals surface area contributed by atoms with Gasteiger partial charge in [0.2, 0.25) is 0 Å². The van der Waals surface area contributed by atoms with Crippen molar-refractivity contribution in [2.75, 3.05) is 6.61 Å². The van der Waals surface area contributed by atoms with Crippen LogP contribution in [-0.4, -0.2) is 23.3 Å². The summed E-state index contributed by atoms with van der Waals surface area (Å²) in [5, 5.41) is 11.1. The van der Waals surface area contributed by atoms with Crippen molar-refractivity contribution in [2.45, 2.75) is 64.9 Å². The molecule has 0 spiro atoms. The van der Waals surface area contributed by atoms with E-state index in [0.717, 1.165) is 32.1 Å². The Kier molecular flexibility index (Phi) is 3.01. The fourth-order valence-corrected chi connectivity index (χ4v) is 4.07. The van der Waals surface area contributed by atoms with Gasteiger partial charge in [-0.15, -0.1) is 0 Å². The lowest BCUT2D eigenvalue weighted by Crippen LogP contribution is -2.55. The van der Waals surface area contributed by atoms with E-state index in [2.05, 4.69) is 13.8 Å². The van der Waals surface area contributed by atoms with Crippen LogP contribution in [0.1, 0.15) is 59.3 Å². The van der Waals surface area contributed by atoms with Crippen LogP contribution in [0.3, 0.4) is 0 Å². The van der Waals surface area contributed by atoms with Gasteiger partial charge in [-0.2, -0.15) is 0 Å². The second-order valence-electron chi connectivity index (χ2n) is 6.32. The molecule has 0 aromatic rings. The van der Waals surface area contributed by atoms with E-state index >= 15 is 0 Å². The SMILES string of the molecule is CCOC(=O)CC1(O)C2(C)CCCC1(C)CC2. The number of hydrogen-bond acceptors (Lipinski definition) is 3. The Balaban J connectivity index is 2.24. The summed E-state index contributed by atoms with van der Waals surface area (Å²) in [6.07, 6.45) is 5.43. The number of aliphatic hydroxyl groups is 1. The highest BCUT2D eigenvalue weighted by Gasteiger charge is 2.65. The Morgan fingerprint density at radius 2 is 1.71 bits per heavy atom. The largest absolute Gasteiger partial charge is 0.466 e. The fourth-order valence-electron chi connectivity index (χ4n) is 4.07. The number of rotatable bonds is 3. The molecule has 2 aliphatic rings. The highest BCUT2D eigenvalue weighted by molar-refractivity contribution is 5.71. The van der Waals surface area contributed by atoms with Gasteiger partial charge in [0.25, 0.3) is 0 Å². The number of esters is 1. The van der Waals surface area contributed by atoms with Crippen LogP contribution in [0.5, 0.6) is 0 Å². The Labute approximate surface area is 104 Å². The summed E-state index contributed by atoms with van der Waals surface area (Å²) in [7, 11) is 0. The molecule has 0 amide bonds. The highest BCUT2D eigenvalue weighted by Crippen LogP contribution is 2.65. The van der Waals surface area contributed by atoms with Crippen LogP contribution in [-0.2, 0) is 9.53 Å². The molecular formula is C14H24O3. The maximum absolute atomic E-state index is 11.7. The maximum atomic E-state index is 11.7. The summed E-state index contributed by atoms with van der Waals surface area (Å²) in [5.41, 5.74) is -1.08. The minimum Gasteiger partial charge on any atom is -0.466 e. The number of ether oxygens (including phenoxy) is 1. The van der Waals surface area contributed by atoms with Gasteiger partial charge >= 0.3 is 5.97 Å².